The largest absolute Gasteiger partial charge is 0.306 e. The van der Waals surface area contributed by atoms with Crippen LogP contribution in [0.25, 0.3) is 0 Å². The van der Waals surface area contributed by atoms with Crippen molar-refractivity contribution in [2.75, 3.05) is 18.0 Å². The molecule has 0 N–H and O–H groups in total. The van der Waals surface area contributed by atoms with Crippen molar-refractivity contribution >= 4 is 27.5 Å². The number of hydrogen-bond donors (Lipinski definition) is 0. The molecule has 0 aromatic carbocycles. The van der Waals surface area contributed by atoms with E-state index in [1.54, 1.807) is 6.20 Å². The number of amides is 1. The summed E-state index contributed by atoms with van der Waals surface area (Å²) in [4.78, 5) is 22.1. The third-order valence-corrected chi connectivity index (χ3v) is 7.82. The number of nitrogens with zero attached hydrogens (tertiary/aromatic N) is 4. The maximum atomic E-state index is 13.2. The van der Waals surface area contributed by atoms with Gasteiger partial charge in [-0.1, -0.05) is 0 Å². The second-order valence-electron chi connectivity index (χ2n) is 9.55. The normalized spacial score (nSPS) is 33.5. The van der Waals surface area contributed by atoms with Crippen LogP contribution in [0.3, 0.4) is 0 Å². The molecule has 1 saturated heterocycles. The van der Waals surface area contributed by atoms with Gasteiger partial charge in [-0.05, 0) is 73.5 Å². The molecule has 2 aliphatic carbocycles. The Kier molecular flexibility index (Phi) is 3.62. The first-order valence-electron chi connectivity index (χ1n) is 9.96. The number of piperidine rings is 1. The van der Waals surface area contributed by atoms with Gasteiger partial charge in [-0.3, -0.25) is 14.7 Å². The van der Waals surface area contributed by atoms with E-state index in [-0.39, 0.29) is 11.9 Å². The number of carbonyl (C=O) groups is 1. The average molecular weight is 429 g/mol. The van der Waals surface area contributed by atoms with Gasteiger partial charge < -0.3 is 4.90 Å². The van der Waals surface area contributed by atoms with Gasteiger partial charge in [-0.25, -0.2) is 0 Å². The van der Waals surface area contributed by atoms with E-state index in [9.17, 15) is 10.1 Å². The monoisotopic (exact) mass is 428 g/mol. The molecule has 2 aliphatic heterocycles. The highest BCUT2D eigenvalue weighted by molar-refractivity contribution is 9.10. The van der Waals surface area contributed by atoms with Crippen LogP contribution in [0.2, 0.25) is 0 Å². The maximum absolute atomic E-state index is 13.2. The summed E-state index contributed by atoms with van der Waals surface area (Å²) in [5.74, 6) is 0.108. The Morgan fingerprint density at radius 1 is 1.30 bits per heavy atom. The number of carbonyl (C=O) groups excluding carboxylic acids is 1. The number of likely N-dealkylation sites (tertiary alicyclic amines) is 1. The van der Waals surface area contributed by atoms with E-state index in [1.165, 1.54) is 25.7 Å². The minimum absolute atomic E-state index is 0.0888. The van der Waals surface area contributed by atoms with Crippen molar-refractivity contribution in [1.82, 2.24) is 9.88 Å². The summed E-state index contributed by atoms with van der Waals surface area (Å²) in [7, 11) is 0. The summed E-state index contributed by atoms with van der Waals surface area (Å²) < 4.78 is 0.884. The Balaban J connectivity index is 1.41. The minimum atomic E-state index is -0.607. The zero-order valence-corrected chi connectivity index (χ0v) is 17.5. The van der Waals surface area contributed by atoms with Gasteiger partial charge in [-0.15, -0.1) is 0 Å². The molecule has 1 amide bonds. The second-order valence-corrected chi connectivity index (χ2v) is 10.5. The van der Waals surface area contributed by atoms with Crippen LogP contribution < -0.4 is 4.90 Å². The van der Waals surface area contributed by atoms with Gasteiger partial charge >= 0.3 is 0 Å². The molecule has 142 valence electrons. The average Bonchev–Trinajstić information content (AvgIpc) is 3.31. The maximum Gasteiger partial charge on any atom is 0.239 e. The van der Waals surface area contributed by atoms with Crippen LogP contribution in [-0.4, -0.2) is 40.5 Å². The first kappa shape index (κ1) is 17.6. The molecule has 0 atom stereocenters. The molecular formula is C21H25BrN4O. The summed E-state index contributed by atoms with van der Waals surface area (Å²) in [6.07, 6.45) is 8.41. The van der Waals surface area contributed by atoms with Crippen LogP contribution in [0.15, 0.2) is 16.7 Å². The molecule has 0 bridgehead atoms. The number of nitriles is 1. The van der Waals surface area contributed by atoms with Crippen LogP contribution >= 0.6 is 15.9 Å². The van der Waals surface area contributed by atoms with Gasteiger partial charge in [-0.2, -0.15) is 5.26 Å². The Labute approximate surface area is 168 Å². The highest BCUT2D eigenvalue weighted by Gasteiger charge is 2.59. The molecule has 2 saturated carbocycles. The third-order valence-electron chi connectivity index (χ3n) is 7.38. The molecule has 3 fully saturated rings. The summed E-state index contributed by atoms with van der Waals surface area (Å²) in [5, 5.41) is 10.0. The Morgan fingerprint density at radius 3 is 2.70 bits per heavy atom. The summed E-state index contributed by atoms with van der Waals surface area (Å²) in [6.45, 7) is 5.99. The summed E-state index contributed by atoms with van der Waals surface area (Å²) in [5.41, 5.74) is 1.26. The van der Waals surface area contributed by atoms with Crippen molar-refractivity contribution in [2.45, 2.75) is 69.4 Å². The fourth-order valence-corrected chi connectivity index (χ4v) is 5.77. The number of hydrogen-bond acceptors (Lipinski definition) is 4. The predicted molar refractivity (Wildman–Crippen MR) is 106 cm³/mol. The fourth-order valence-electron chi connectivity index (χ4n) is 5.45. The zero-order chi connectivity index (χ0) is 19.0. The number of anilines is 1. The van der Waals surface area contributed by atoms with Crippen LogP contribution in [-0.2, 0) is 10.2 Å². The SMILES string of the molecule is CC1(C)C(=O)N([C@H]2C[C@@](C#N)(N3CCCC4(CC4)C3)C2)c2cc(Br)cnc21. The Morgan fingerprint density at radius 2 is 2.04 bits per heavy atom. The van der Waals surface area contributed by atoms with Gasteiger partial charge in [0.05, 0.1) is 22.9 Å². The smallest absolute Gasteiger partial charge is 0.239 e. The summed E-state index contributed by atoms with van der Waals surface area (Å²) in [6, 6.07) is 4.73. The first-order chi connectivity index (χ1) is 12.8. The lowest BCUT2D eigenvalue weighted by molar-refractivity contribution is -0.123. The van der Waals surface area contributed by atoms with Crippen molar-refractivity contribution in [2.24, 2.45) is 5.41 Å². The molecule has 1 spiro atoms. The Bertz CT molecular complexity index is 863. The van der Waals surface area contributed by atoms with E-state index >= 15 is 0 Å². The van der Waals surface area contributed by atoms with Crippen LogP contribution in [0.4, 0.5) is 5.69 Å². The van der Waals surface area contributed by atoms with Gasteiger partial charge in [0.1, 0.15) is 5.54 Å². The van der Waals surface area contributed by atoms with E-state index in [0.29, 0.717) is 5.41 Å². The minimum Gasteiger partial charge on any atom is -0.306 e. The third kappa shape index (κ3) is 2.44. The number of pyridine rings is 1. The van der Waals surface area contributed by atoms with Crippen molar-refractivity contribution < 1.29 is 4.79 Å². The Hall–Kier alpha value is -1.45. The quantitative estimate of drug-likeness (QED) is 0.718. The molecule has 5 nitrogen and oxygen atoms in total. The topological polar surface area (TPSA) is 60.2 Å². The molecule has 27 heavy (non-hydrogen) atoms. The van der Waals surface area contributed by atoms with E-state index < -0.39 is 11.0 Å². The van der Waals surface area contributed by atoms with E-state index in [4.69, 9.17) is 0 Å². The molecule has 1 aromatic heterocycles. The van der Waals surface area contributed by atoms with Gasteiger partial charge in [0.2, 0.25) is 5.91 Å². The van der Waals surface area contributed by atoms with Gasteiger partial charge in [0, 0.05) is 36.1 Å². The molecule has 1 aromatic rings. The lowest BCUT2D eigenvalue weighted by Gasteiger charge is -2.54. The molecule has 0 radical (unpaired) electrons. The highest BCUT2D eigenvalue weighted by atomic mass is 79.9. The number of halogens is 1. The zero-order valence-electron chi connectivity index (χ0n) is 16.0. The van der Waals surface area contributed by atoms with E-state index in [2.05, 4.69) is 31.9 Å². The highest BCUT2D eigenvalue weighted by Crippen LogP contribution is 2.56. The molecular weight excluding hydrogens is 404 g/mol. The van der Waals surface area contributed by atoms with Gasteiger partial charge in [0.25, 0.3) is 0 Å². The predicted octanol–water partition coefficient (Wildman–Crippen LogP) is 3.77. The number of fused-ring (bicyclic) bond motifs is 1. The van der Waals surface area contributed by atoms with Crippen molar-refractivity contribution in [3.63, 3.8) is 0 Å². The van der Waals surface area contributed by atoms with Crippen LogP contribution in [0.1, 0.15) is 58.1 Å². The van der Waals surface area contributed by atoms with Crippen LogP contribution in [0.5, 0.6) is 0 Å². The van der Waals surface area contributed by atoms with Crippen LogP contribution in [0, 0.1) is 16.7 Å². The van der Waals surface area contributed by atoms with E-state index in [1.807, 2.05) is 24.8 Å². The second kappa shape index (κ2) is 5.55. The lowest BCUT2D eigenvalue weighted by atomic mass is 9.70. The molecule has 4 aliphatic rings. The molecule has 6 heteroatoms. The first-order valence-corrected chi connectivity index (χ1v) is 10.8. The number of rotatable bonds is 2. The van der Waals surface area contributed by atoms with E-state index in [0.717, 1.165) is 41.8 Å². The molecule has 0 unspecified atom stereocenters. The lowest BCUT2D eigenvalue weighted by Crippen LogP contribution is -2.65. The molecule has 5 rings (SSSR count). The van der Waals surface area contributed by atoms with Crippen molar-refractivity contribution in [3.8, 4) is 6.07 Å². The fraction of sp³-hybridized carbons (Fsp3) is 0.667. The molecule has 3 heterocycles. The van der Waals surface area contributed by atoms with Crippen molar-refractivity contribution in [1.29, 1.82) is 5.26 Å². The number of aromatic nitrogens is 1. The standard InChI is InChI=1S/C21H25BrN4O/c1-19(2)17-16(8-14(22)11-24-17)26(18(19)27)15-9-21(10-15,12-23)25-7-3-4-20(13-25)5-6-20/h8,11,15H,3-7,9-10,13H2,1-2H3/t15-,21+. The summed E-state index contributed by atoms with van der Waals surface area (Å²) >= 11 is 3.50. The van der Waals surface area contributed by atoms with Crippen molar-refractivity contribution in [3.05, 3.63) is 22.4 Å². The van der Waals surface area contributed by atoms with Gasteiger partial charge in [0.15, 0.2) is 0 Å².